The van der Waals surface area contributed by atoms with Gasteiger partial charge in [0, 0.05) is 60.5 Å². The van der Waals surface area contributed by atoms with E-state index in [0.29, 0.717) is 45.3 Å². The first-order valence-corrected chi connectivity index (χ1v) is 29.9. The molecule has 6 amide bonds. The Bertz CT molecular complexity index is 4040. The second kappa shape index (κ2) is 26.1. The number of carbonyl (C=O) groups is 9. The highest BCUT2D eigenvalue weighted by atomic mass is 19.4. The maximum atomic E-state index is 15.7. The second-order valence-corrected chi connectivity index (χ2v) is 26.7. The van der Waals surface area contributed by atoms with Crippen molar-refractivity contribution in [1.29, 1.82) is 0 Å². The van der Waals surface area contributed by atoms with Crippen molar-refractivity contribution in [2.45, 2.75) is 149 Å². The molecule has 93 heavy (non-hydrogen) atoms. The first kappa shape index (κ1) is 71.3. The van der Waals surface area contributed by atoms with Gasteiger partial charge in [-0.2, -0.15) is 26.3 Å². The van der Waals surface area contributed by atoms with Gasteiger partial charge in [-0.25, -0.2) is 9.69 Å². The highest BCUT2D eigenvalue weighted by Crippen LogP contribution is 2.49. The van der Waals surface area contributed by atoms with Gasteiger partial charge in [-0.3, -0.25) is 43.3 Å². The van der Waals surface area contributed by atoms with Gasteiger partial charge < -0.3 is 19.6 Å². The molecule has 0 bridgehead atoms. The van der Waals surface area contributed by atoms with Crippen LogP contribution in [0.5, 0.6) is 0 Å². The van der Waals surface area contributed by atoms with Crippen molar-refractivity contribution in [3.05, 3.63) is 197 Å². The summed E-state index contributed by atoms with van der Waals surface area (Å²) in [5, 5.41) is 9.21. The smallest absolute Gasteiger partial charge is 0.399 e. The number of alkyl halides is 6. The van der Waals surface area contributed by atoms with E-state index in [-0.39, 0.29) is 81.9 Å². The number of fused-ring (bicyclic) bond motifs is 1. The average Bonchev–Trinajstić information content (AvgIpc) is 1.67. The van der Waals surface area contributed by atoms with Crippen LogP contribution >= 0.6 is 0 Å². The molecule has 0 saturated carbocycles. The molecular weight excluding hydrogens is 1210 g/mol. The summed E-state index contributed by atoms with van der Waals surface area (Å²) >= 11 is 0. The maximum Gasteiger partial charge on any atom is 0.399 e. The number of hydrogen-bond acceptors (Lipinski definition) is 11. The molecule has 0 aromatic heterocycles. The standard InChI is InChI=1S/C72H76F6N4O11/c1-39-18-19-43(31-53(39)63(89)81(38-86)51-30-49(66(92)93-27-17-26-83)29-50(35-51)67(5,6)7)58(71(73,74)75)46-24-25-52-56(34-46)65(91)82(64(52)90)70(13,14)69(11,12)57-40(2)28-41(3)60(42(57)4)79(15)61(87)54-32-44(20-22-47(54)36-84)59(72(76,77)78)45-21-23-48(37-85)55(33-45)62(88)80(16)68(8,9)10/h18-25,28-38,58-59,83H,17,26-27H2,1-16H3. The lowest BCUT2D eigenvalue weighted by molar-refractivity contribution is -0.142. The zero-order chi connectivity index (χ0) is 69.7. The van der Waals surface area contributed by atoms with Crippen LogP contribution in [0.3, 0.4) is 0 Å². The Morgan fingerprint density at radius 2 is 1.08 bits per heavy atom. The molecule has 1 aliphatic rings. The average molecular weight is 1290 g/mol. The number of anilines is 2. The number of imide groups is 2. The lowest BCUT2D eigenvalue weighted by Gasteiger charge is -2.48. The molecular formula is C72H76F6N4O11. The molecule has 15 nitrogen and oxygen atoms in total. The summed E-state index contributed by atoms with van der Waals surface area (Å²) in [6.07, 6.45) is -9.09. The van der Waals surface area contributed by atoms with Crippen LogP contribution in [0.25, 0.3) is 0 Å². The van der Waals surface area contributed by atoms with Gasteiger partial charge >= 0.3 is 18.3 Å². The van der Waals surface area contributed by atoms with E-state index < -0.39 is 109 Å². The van der Waals surface area contributed by atoms with Gasteiger partial charge in [-0.15, -0.1) is 0 Å². The minimum Gasteiger partial charge on any atom is -0.462 e. The Kier molecular flexibility index (Phi) is 20.0. The van der Waals surface area contributed by atoms with Gasteiger partial charge in [0.05, 0.1) is 45.7 Å². The lowest BCUT2D eigenvalue weighted by atomic mass is 9.65. The number of carbonyl (C=O) groups excluding carboxylic acids is 9. The number of aldehydes is 2. The van der Waals surface area contributed by atoms with E-state index in [2.05, 4.69) is 0 Å². The summed E-state index contributed by atoms with van der Waals surface area (Å²) in [6, 6.07) is 18.9. The Labute approximate surface area is 536 Å². The van der Waals surface area contributed by atoms with Crippen molar-refractivity contribution in [1.82, 2.24) is 9.80 Å². The van der Waals surface area contributed by atoms with Gasteiger partial charge in [0.25, 0.3) is 29.5 Å². The third kappa shape index (κ3) is 13.7. The topological polar surface area (TPSA) is 196 Å². The number of amides is 6. The number of benzene rings is 6. The van der Waals surface area contributed by atoms with Gasteiger partial charge in [-0.1, -0.05) is 83.1 Å². The molecule has 1 aliphatic heterocycles. The molecule has 2 unspecified atom stereocenters. The predicted molar refractivity (Wildman–Crippen MR) is 340 cm³/mol. The molecule has 1 N–H and O–H groups in total. The van der Waals surface area contributed by atoms with Gasteiger partial charge in [0.1, 0.15) is 11.8 Å². The van der Waals surface area contributed by atoms with Crippen LogP contribution in [0.1, 0.15) is 226 Å². The van der Waals surface area contributed by atoms with E-state index in [1.54, 1.807) is 75.3 Å². The second-order valence-electron chi connectivity index (χ2n) is 26.7. The molecule has 7 rings (SSSR count). The minimum absolute atomic E-state index is 0.0266. The number of aliphatic hydroxyl groups excluding tert-OH is 1. The lowest BCUT2D eigenvalue weighted by Crippen LogP contribution is -2.58. The Morgan fingerprint density at radius 1 is 0.581 bits per heavy atom. The largest absolute Gasteiger partial charge is 0.462 e. The summed E-state index contributed by atoms with van der Waals surface area (Å²) < 4.78 is 98.7. The summed E-state index contributed by atoms with van der Waals surface area (Å²) in [5.41, 5.74) is -5.00. The Hall–Kier alpha value is -9.11. The van der Waals surface area contributed by atoms with Crippen molar-refractivity contribution in [2.24, 2.45) is 0 Å². The molecule has 0 saturated heterocycles. The van der Waals surface area contributed by atoms with Crippen molar-refractivity contribution >= 4 is 65.9 Å². The van der Waals surface area contributed by atoms with Gasteiger partial charge in [0.2, 0.25) is 6.41 Å². The van der Waals surface area contributed by atoms with Crippen molar-refractivity contribution in [3.8, 4) is 0 Å². The van der Waals surface area contributed by atoms with E-state index in [4.69, 9.17) is 4.74 Å². The van der Waals surface area contributed by atoms with Crippen LogP contribution in [0.4, 0.5) is 37.7 Å². The van der Waals surface area contributed by atoms with Crippen LogP contribution in [0.2, 0.25) is 0 Å². The molecule has 0 spiro atoms. The fourth-order valence-corrected chi connectivity index (χ4v) is 12.2. The third-order valence-electron chi connectivity index (χ3n) is 18.0. The molecule has 6 aromatic carbocycles. The highest BCUT2D eigenvalue weighted by Gasteiger charge is 2.54. The number of rotatable bonds is 19. The molecule has 6 aromatic rings. The van der Waals surface area contributed by atoms with Crippen LogP contribution in [0.15, 0.2) is 97.1 Å². The molecule has 21 heteroatoms. The zero-order valence-corrected chi connectivity index (χ0v) is 54.8. The van der Waals surface area contributed by atoms with E-state index in [1.165, 1.54) is 55.1 Å². The monoisotopic (exact) mass is 1290 g/mol. The van der Waals surface area contributed by atoms with E-state index >= 15 is 26.3 Å². The summed E-state index contributed by atoms with van der Waals surface area (Å²) in [4.78, 5) is 128. The molecule has 0 aliphatic carbocycles. The fraction of sp³-hybridized carbons (Fsp3) is 0.375. The summed E-state index contributed by atoms with van der Waals surface area (Å²) in [5.74, 6) is -10.1. The molecule has 492 valence electrons. The predicted octanol–water partition coefficient (Wildman–Crippen LogP) is 14.1. The van der Waals surface area contributed by atoms with Crippen LogP contribution in [-0.2, 0) is 20.4 Å². The quantitative estimate of drug-likeness (QED) is 0.0266. The van der Waals surface area contributed by atoms with Gasteiger partial charge in [0.15, 0.2) is 12.6 Å². The number of aliphatic hydroxyl groups is 1. The molecule has 2 atom stereocenters. The summed E-state index contributed by atoms with van der Waals surface area (Å²) in [7, 11) is 2.83. The fourth-order valence-electron chi connectivity index (χ4n) is 12.2. The zero-order valence-electron chi connectivity index (χ0n) is 54.8. The third-order valence-corrected chi connectivity index (χ3v) is 18.0. The number of ether oxygens (including phenoxy) is 1. The minimum atomic E-state index is -5.08. The highest BCUT2D eigenvalue weighted by molar-refractivity contribution is 6.22. The Balaban J connectivity index is 1.23. The SMILES string of the molecule is Cc1ccc(C(c2ccc3c(c2)C(=O)N(C(C)(C)C(C)(C)c2c(C)cc(C)c(N(C)C(=O)c4cc(C(c5ccc(C=O)c(C(=O)N(C)C(C)(C)C)c5)C(F)(F)F)ccc4C=O)c2C)C3=O)C(F)(F)F)cc1C(=O)N(C=O)c1cc(C(=O)OCCCO)cc(C(C)(C)C)c1. The molecule has 1 heterocycles. The van der Waals surface area contributed by atoms with E-state index in [1.807, 2.05) is 20.8 Å². The summed E-state index contributed by atoms with van der Waals surface area (Å²) in [6.45, 7) is 23.5. The van der Waals surface area contributed by atoms with E-state index in [0.717, 1.165) is 71.6 Å². The number of esters is 1. The van der Waals surface area contributed by atoms with Crippen LogP contribution in [-0.4, -0.2) is 120 Å². The number of nitrogens with zero attached hydrogens (tertiary/aromatic N) is 4. The van der Waals surface area contributed by atoms with Crippen LogP contribution < -0.4 is 9.80 Å². The number of halogens is 6. The van der Waals surface area contributed by atoms with Crippen molar-refractivity contribution in [3.63, 3.8) is 0 Å². The van der Waals surface area contributed by atoms with Crippen LogP contribution in [0, 0.1) is 27.7 Å². The molecule has 0 fully saturated rings. The van der Waals surface area contributed by atoms with Crippen molar-refractivity contribution in [2.75, 3.05) is 37.1 Å². The first-order valence-electron chi connectivity index (χ1n) is 29.9. The number of hydrogen-bond donors (Lipinski definition) is 1. The molecule has 0 radical (unpaired) electrons. The Morgan fingerprint density at radius 3 is 1.57 bits per heavy atom. The van der Waals surface area contributed by atoms with Gasteiger partial charge in [-0.05, 0) is 172 Å². The number of aryl methyl sites for hydroxylation is 3. The van der Waals surface area contributed by atoms with Crippen molar-refractivity contribution < 1.29 is 79.3 Å². The first-order chi connectivity index (χ1) is 43.0. The maximum absolute atomic E-state index is 15.7. The normalized spacial score (nSPS) is 13.7. The van der Waals surface area contributed by atoms with E-state index in [9.17, 15) is 48.3 Å².